The number of thiazole rings is 1. The van der Waals surface area contributed by atoms with Gasteiger partial charge < -0.3 is 4.74 Å². The first-order valence-corrected chi connectivity index (χ1v) is 8.41. The fourth-order valence-electron chi connectivity index (χ4n) is 2.30. The van der Waals surface area contributed by atoms with E-state index in [2.05, 4.69) is 4.98 Å². The Bertz CT molecular complexity index is 671. The molecule has 0 radical (unpaired) electrons. The number of thioether (sulfide) groups is 1. The fraction of sp³-hybridized carbons (Fsp3) is 0.333. The van der Waals surface area contributed by atoms with Gasteiger partial charge >= 0.3 is 0 Å². The van der Waals surface area contributed by atoms with Gasteiger partial charge in [-0.2, -0.15) is 0 Å². The molecule has 3 rings (SSSR count). The minimum absolute atomic E-state index is 0.0480. The monoisotopic (exact) mass is 320 g/mol. The van der Waals surface area contributed by atoms with Crippen molar-refractivity contribution in [1.29, 1.82) is 0 Å². The van der Waals surface area contributed by atoms with Crippen LogP contribution < -0.4 is 9.64 Å². The summed E-state index contributed by atoms with van der Waals surface area (Å²) in [6.45, 7) is 3.94. The molecule has 2 atom stereocenters. The molecule has 0 aliphatic carbocycles. The largest absolute Gasteiger partial charge is 0.497 e. The van der Waals surface area contributed by atoms with Crippen LogP contribution in [-0.2, 0) is 4.79 Å². The lowest BCUT2D eigenvalue weighted by atomic mass is 10.2. The smallest absolute Gasteiger partial charge is 0.242 e. The molecule has 2 heterocycles. The second kappa shape index (κ2) is 5.69. The number of aromatic nitrogens is 1. The summed E-state index contributed by atoms with van der Waals surface area (Å²) in [5.74, 6) is 0.914. The van der Waals surface area contributed by atoms with Crippen molar-refractivity contribution in [3.63, 3.8) is 0 Å². The maximum Gasteiger partial charge on any atom is 0.242 e. The Morgan fingerprint density at radius 1 is 1.38 bits per heavy atom. The number of nitrogens with zero attached hydrogens (tertiary/aromatic N) is 2. The summed E-state index contributed by atoms with van der Waals surface area (Å²) >= 11 is 3.19. The first-order chi connectivity index (χ1) is 10.1. The van der Waals surface area contributed by atoms with Gasteiger partial charge in [0, 0.05) is 11.1 Å². The van der Waals surface area contributed by atoms with Crippen LogP contribution in [-0.4, -0.2) is 23.3 Å². The molecule has 2 aromatic rings. The molecule has 1 aliphatic rings. The average molecular weight is 320 g/mol. The van der Waals surface area contributed by atoms with Crippen LogP contribution in [0, 0.1) is 6.92 Å². The highest BCUT2D eigenvalue weighted by atomic mass is 32.2. The van der Waals surface area contributed by atoms with Crippen LogP contribution in [0.1, 0.15) is 22.7 Å². The highest BCUT2D eigenvalue weighted by Crippen LogP contribution is 2.46. The minimum atomic E-state index is -0.0644. The zero-order valence-corrected chi connectivity index (χ0v) is 13.7. The van der Waals surface area contributed by atoms with E-state index in [9.17, 15) is 4.79 Å². The van der Waals surface area contributed by atoms with Gasteiger partial charge in [0.1, 0.15) is 11.1 Å². The number of hydrogen-bond acceptors (Lipinski definition) is 5. The van der Waals surface area contributed by atoms with Gasteiger partial charge in [0.05, 0.1) is 12.4 Å². The summed E-state index contributed by atoms with van der Waals surface area (Å²) in [6.07, 6.45) is 1.81. The first-order valence-electron chi connectivity index (χ1n) is 6.65. The van der Waals surface area contributed by atoms with Crippen molar-refractivity contribution in [2.75, 3.05) is 12.0 Å². The molecule has 1 amide bonds. The molecule has 0 N–H and O–H groups in total. The van der Waals surface area contributed by atoms with Gasteiger partial charge in [-0.25, -0.2) is 4.98 Å². The van der Waals surface area contributed by atoms with Gasteiger partial charge in [-0.3, -0.25) is 9.69 Å². The number of benzene rings is 1. The Hall–Kier alpha value is -1.53. The Kier molecular flexibility index (Phi) is 3.91. The number of methoxy groups -OCH3 is 1. The van der Waals surface area contributed by atoms with E-state index < -0.39 is 0 Å². The van der Waals surface area contributed by atoms with Crippen LogP contribution in [0.4, 0.5) is 5.13 Å². The second-order valence-electron chi connectivity index (χ2n) is 4.87. The third kappa shape index (κ3) is 2.65. The number of ether oxygens (including phenoxy) is 1. The van der Waals surface area contributed by atoms with E-state index >= 15 is 0 Å². The number of rotatable bonds is 3. The van der Waals surface area contributed by atoms with E-state index in [1.165, 1.54) is 0 Å². The predicted molar refractivity (Wildman–Crippen MR) is 87.1 cm³/mol. The maximum atomic E-state index is 12.5. The van der Waals surface area contributed by atoms with Gasteiger partial charge in [-0.05, 0) is 31.5 Å². The molecule has 0 bridgehead atoms. The molecule has 110 valence electrons. The lowest BCUT2D eigenvalue weighted by Crippen LogP contribution is -2.29. The van der Waals surface area contributed by atoms with Crippen molar-refractivity contribution < 1.29 is 9.53 Å². The molecule has 0 spiro atoms. The second-order valence-corrected chi connectivity index (χ2v) is 7.51. The molecular formula is C15H16N2O2S2. The van der Waals surface area contributed by atoms with Crippen LogP contribution in [0.2, 0.25) is 0 Å². The molecule has 21 heavy (non-hydrogen) atoms. The lowest BCUT2D eigenvalue weighted by Gasteiger charge is -2.21. The lowest BCUT2D eigenvalue weighted by molar-refractivity contribution is -0.117. The van der Waals surface area contributed by atoms with Crippen LogP contribution in [0.15, 0.2) is 30.5 Å². The van der Waals surface area contributed by atoms with Crippen LogP contribution in [0.5, 0.6) is 5.75 Å². The van der Waals surface area contributed by atoms with E-state index in [1.807, 2.05) is 49.2 Å². The normalized spacial score (nSPS) is 21.9. The molecule has 1 aliphatic heterocycles. The number of anilines is 1. The summed E-state index contributed by atoms with van der Waals surface area (Å²) in [5.41, 5.74) is 1.06. The van der Waals surface area contributed by atoms with E-state index in [-0.39, 0.29) is 16.5 Å². The van der Waals surface area contributed by atoms with Gasteiger partial charge in [-0.15, -0.1) is 23.1 Å². The molecule has 2 unspecified atom stereocenters. The van der Waals surface area contributed by atoms with Crippen molar-refractivity contribution in [1.82, 2.24) is 4.98 Å². The summed E-state index contributed by atoms with van der Waals surface area (Å²) in [4.78, 5) is 19.8. The summed E-state index contributed by atoms with van der Waals surface area (Å²) < 4.78 is 5.29. The molecule has 6 heteroatoms. The van der Waals surface area contributed by atoms with E-state index in [0.29, 0.717) is 0 Å². The Morgan fingerprint density at radius 3 is 2.86 bits per heavy atom. The van der Waals surface area contributed by atoms with E-state index in [0.717, 1.165) is 21.3 Å². The molecular weight excluding hydrogens is 304 g/mol. The standard InChI is InChI=1S/C15H16N2O2S2/c1-9-8-16-15(20-9)17-13(18)10(2)21-14(17)11-5-4-6-12(7-11)19-3/h4-8,10,14H,1-3H3. The van der Waals surface area contributed by atoms with Crippen molar-refractivity contribution >= 4 is 34.1 Å². The Labute approximate surface area is 132 Å². The number of amides is 1. The van der Waals surface area contributed by atoms with Gasteiger partial charge in [0.15, 0.2) is 5.13 Å². The zero-order chi connectivity index (χ0) is 15.0. The Balaban J connectivity index is 2.00. The van der Waals surface area contributed by atoms with E-state index in [1.54, 1.807) is 30.2 Å². The highest BCUT2D eigenvalue weighted by molar-refractivity contribution is 8.01. The number of carbonyl (C=O) groups excluding carboxylic acids is 1. The quantitative estimate of drug-likeness (QED) is 0.866. The molecule has 1 fully saturated rings. The molecule has 1 saturated heterocycles. The van der Waals surface area contributed by atoms with Crippen LogP contribution >= 0.6 is 23.1 Å². The SMILES string of the molecule is COc1cccc(C2SC(C)C(=O)N2c2ncc(C)s2)c1. The number of carbonyl (C=O) groups is 1. The Morgan fingerprint density at radius 2 is 2.19 bits per heavy atom. The minimum Gasteiger partial charge on any atom is -0.497 e. The molecule has 0 saturated carbocycles. The van der Waals surface area contributed by atoms with Crippen LogP contribution in [0.25, 0.3) is 0 Å². The molecule has 1 aromatic carbocycles. The maximum absolute atomic E-state index is 12.5. The molecule has 1 aromatic heterocycles. The predicted octanol–water partition coefficient (Wildman–Crippen LogP) is 3.63. The molecule has 4 nitrogen and oxygen atoms in total. The van der Waals surface area contributed by atoms with Crippen molar-refractivity contribution in [2.45, 2.75) is 24.5 Å². The van der Waals surface area contributed by atoms with E-state index in [4.69, 9.17) is 4.74 Å². The average Bonchev–Trinajstić information content (AvgIpc) is 3.03. The first kappa shape index (κ1) is 14.4. The van der Waals surface area contributed by atoms with Crippen molar-refractivity contribution in [2.24, 2.45) is 0 Å². The number of aryl methyl sites for hydroxylation is 1. The number of hydrogen-bond donors (Lipinski definition) is 0. The summed E-state index contributed by atoms with van der Waals surface area (Å²) in [7, 11) is 1.65. The third-order valence-corrected chi connectivity index (χ3v) is 5.61. The zero-order valence-electron chi connectivity index (χ0n) is 12.1. The fourth-order valence-corrected chi connectivity index (χ4v) is 4.40. The summed E-state index contributed by atoms with van der Waals surface area (Å²) in [6, 6.07) is 7.87. The topological polar surface area (TPSA) is 42.4 Å². The van der Waals surface area contributed by atoms with Gasteiger partial charge in [0.2, 0.25) is 5.91 Å². The third-order valence-electron chi connectivity index (χ3n) is 3.35. The van der Waals surface area contributed by atoms with Gasteiger partial charge in [-0.1, -0.05) is 12.1 Å². The highest BCUT2D eigenvalue weighted by Gasteiger charge is 2.40. The van der Waals surface area contributed by atoms with Crippen molar-refractivity contribution in [3.8, 4) is 5.75 Å². The van der Waals surface area contributed by atoms with Gasteiger partial charge in [0.25, 0.3) is 0 Å². The summed E-state index contributed by atoms with van der Waals surface area (Å²) in [5, 5.41) is 0.653. The van der Waals surface area contributed by atoms with Crippen LogP contribution in [0.3, 0.4) is 0 Å². The van der Waals surface area contributed by atoms with Crippen molar-refractivity contribution in [3.05, 3.63) is 40.9 Å².